The molecule has 0 aliphatic rings. The van der Waals surface area contributed by atoms with Crippen LogP contribution in [0, 0.1) is 0 Å². The van der Waals surface area contributed by atoms with E-state index in [9.17, 15) is 4.79 Å². The molecule has 7 heteroatoms. The molecule has 0 saturated heterocycles. The second-order valence-electron chi connectivity index (χ2n) is 1.75. The molecule has 1 heterocycles. The molecule has 0 aromatic carbocycles. The Morgan fingerprint density at radius 3 is 3.00 bits per heavy atom. The van der Waals surface area contributed by atoms with E-state index in [2.05, 4.69) is 14.7 Å². The molecule has 64 valence electrons. The van der Waals surface area contributed by atoms with Crippen molar-refractivity contribution in [2.45, 2.75) is 0 Å². The van der Waals surface area contributed by atoms with Gasteiger partial charge in [0, 0.05) is 0 Å². The van der Waals surface area contributed by atoms with Gasteiger partial charge in [-0.05, 0) is 0 Å². The number of nitrogens with two attached hydrogens (primary N) is 1. The van der Waals surface area contributed by atoms with Gasteiger partial charge in [-0.3, -0.25) is 0 Å². The fourth-order valence-corrected chi connectivity index (χ4v) is 0.648. The zero-order valence-electron chi connectivity index (χ0n) is 5.69. The van der Waals surface area contributed by atoms with Gasteiger partial charge < -0.3 is 15.6 Å². The van der Waals surface area contributed by atoms with Crippen LogP contribution in [0.2, 0.25) is 5.02 Å². The van der Waals surface area contributed by atoms with Crippen molar-refractivity contribution < 1.29 is 14.6 Å². The minimum Gasteiger partial charge on any atom is -0.449 e. The quantitative estimate of drug-likeness (QED) is 0.633. The van der Waals surface area contributed by atoms with Gasteiger partial charge in [0.05, 0.1) is 6.20 Å². The fourth-order valence-electron chi connectivity index (χ4n) is 0.519. The van der Waals surface area contributed by atoms with E-state index >= 15 is 0 Å². The van der Waals surface area contributed by atoms with E-state index in [0.29, 0.717) is 0 Å². The average Bonchev–Trinajstić information content (AvgIpc) is 1.96. The number of aromatic nitrogens is 2. The molecule has 1 aromatic heterocycles. The smallest absolute Gasteiger partial charge is 0.449 e. The highest BCUT2D eigenvalue weighted by molar-refractivity contribution is 6.31. The number of anilines is 1. The van der Waals surface area contributed by atoms with E-state index in [1.54, 1.807) is 0 Å². The lowest BCUT2D eigenvalue weighted by atomic mass is 10.6. The summed E-state index contributed by atoms with van der Waals surface area (Å²) in [6.07, 6.45) is -0.350. The number of nitrogens with zero attached hydrogens (tertiary/aromatic N) is 2. The van der Waals surface area contributed by atoms with Crippen LogP contribution in [0.25, 0.3) is 0 Å². The monoisotopic (exact) mass is 189 g/mol. The van der Waals surface area contributed by atoms with Crippen LogP contribution in [0.1, 0.15) is 0 Å². The maximum atomic E-state index is 10.1. The van der Waals surface area contributed by atoms with Crippen LogP contribution in [0.5, 0.6) is 5.88 Å². The molecule has 0 unspecified atom stereocenters. The lowest BCUT2D eigenvalue weighted by molar-refractivity contribution is 0.142. The Bertz CT molecular complexity index is 317. The maximum Gasteiger partial charge on any atom is 0.512 e. The third kappa shape index (κ3) is 1.96. The normalized spacial score (nSPS) is 9.42. The van der Waals surface area contributed by atoms with Gasteiger partial charge in [0.25, 0.3) is 0 Å². The van der Waals surface area contributed by atoms with Crippen molar-refractivity contribution in [3.63, 3.8) is 0 Å². The van der Waals surface area contributed by atoms with E-state index < -0.39 is 6.16 Å². The topological polar surface area (TPSA) is 98.3 Å². The molecule has 1 rings (SSSR count). The van der Waals surface area contributed by atoms with Crippen LogP contribution in [0.4, 0.5) is 10.7 Å². The van der Waals surface area contributed by atoms with Crippen LogP contribution < -0.4 is 10.5 Å². The van der Waals surface area contributed by atoms with Gasteiger partial charge in [-0.25, -0.2) is 9.78 Å². The highest BCUT2D eigenvalue weighted by Gasteiger charge is 2.08. The number of carboxylic acid groups (broad SMARTS) is 1. The van der Waals surface area contributed by atoms with Gasteiger partial charge in [-0.1, -0.05) is 11.6 Å². The zero-order valence-corrected chi connectivity index (χ0v) is 6.45. The van der Waals surface area contributed by atoms with E-state index in [1.807, 2.05) is 0 Å². The lowest BCUT2D eigenvalue weighted by Gasteiger charge is -2.00. The van der Waals surface area contributed by atoms with Crippen molar-refractivity contribution in [2.24, 2.45) is 0 Å². The summed E-state index contributed by atoms with van der Waals surface area (Å²) in [5, 5.41) is 8.19. The number of hydrogen-bond acceptors (Lipinski definition) is 5. The fraction of sp³-hybridized carbons (Fsp3) is 0. The standard InChI is InChI=1S/C5H4ClN3O3/c6-2-1-8-4(7)9-3(2)12-5(10)11/h1H,(H,10,11)(H2,7,8,9). The largest absolute Gasteiger partial charge is 0.512 e. The molecular formula is C5H4ClN3O3. The number of halogens is 1. The first-order valence-corrected chi connectivity index (χ1v) is 3.16. The van der Waals surface area contributed by atoms with Gasteiger partial charge in [0.15, 0.2) is 0 Å². The molecule has 0 aliphatic carbocycles. The summed E-state index contributed by atoms with van der Waals surface area (Å²) in [5.74, 6) is -0.368. The van der Waals surface area contributed by atoms with Crippen molar-refractivity contribution in [1.29, 1.82) is 0 Å². The van der Waals surface area contributed by atoms with E-state index in [0.717, 1.165) is 6.20 Å². The summed E-state index contributed by atoms with van der Waals surface area (Å²) in [6.45, 7) is 0. The van der Waals surface area contributed by atoms with Crippen LogP contribution in [0.15, 0.2) is 6.20 Å². The second kappa shape index (κ2) is 3.22. The Labute approximate surface area is 71.9 Å². The molecular weight excluding hydrogens is 186 g/mol. The Morgan fingerprint density at radius 1 is 1.75 bits per heavy atom. The SMILES string of the molecule is Nc1ncc(Cl)c(OC(=O)O)n1. The van der Waals surface area contributed by atoms with Crippen LogP contribution in [-0.4, -0.2) is 21.2 Å². The number of rotatable bonds is 1. The predicted molar refractivity (Wildman–Crippen MR) is 40.1 cm³/mol. The first-order chi connectivity index (χ1) is 5.59. The Kier molecular flexibility index (Phi) is 2.29. The number of nitrogen functional groups attached to an aromatic ring is 1. The zero-order chi connectivity index (χ0) is 9.14. The summed E-state index contributed by atoms with van der Waals surface area (Å²) >= 11 is 5.47. The second-order valence-corrected chi connectivity index (χ2v) is 2.16. The van der Waals surface area contributed by atoms with Crippen LogP contribution >= 0.6 is 11.6 Å². The molecule has 0 radical (unpaired) electrons. The molecule has 12 heavy (non-hydrogen) atoms. The van der Waals surface area contributed by atoms with E-state index in [4.69, 9.17) is 22.4 Å². The first-order valence-electron chi connectivity index (χ1n) is 2.78. The molecule has 0 bridgehead atoms. The highest BCUT2D eigenvalue weighted by atomic mass is 35.5. The number of hydrogen-bond donors (Lipinski definition) is 2. The number of ether oxygens (including phenoxy) is 1. The molecule has 0 atom stereocenters. The van der Waals surface area contributed by atoms with E-state index in [1.165, 1.54) is 0 Å². The molecule has 0 fully saturated rings. The van der Waals surface area contributed by atoms with Crippen LogP contribution in [-0.2, 0) is 0 Å². The third-order valence-corrected chi connectivity index (χ3v) is 1.17. The van der Waals surface area contributed by atoms with Crippen molar-refractivity contribution in [3.8, 4) is 5.88 Å². The molecule has 6 nitrogen and oxygen atoms in total. The minimum atomic E-state index is -1.50. The molecule has 0 aliphatic heterocycles. The van der Waals surface area contributed by atoms with E-state index in [-0.39, 0.29) is 16.9 Å². The van der Waals surface area contributed by atoms with Crippen molar-refractivity contribution in [2.75, 3.05) is 5.73 Å². The van der Waals surface area contributed by atoms with Gasteiger partial charge >= 0.3 is 6.16 Å². The Morgan fingerprint density at radius 2 is 2.42 bits per heavy atom. The summed E-state index contributed by atoms with van der Waals surface area (Å²) in [6, 6.07) is 0. The summed E-state index contributed by atoms with van der Waals surface area (Å²) in [5.41, 5.74) is 5.15. The molecule has 1 aromatic rings. The maximum absolute atomic E-state index is 10.1. The minimum absolute atomic E-state index is 0.00778. The predicted octanol–water partition coefficient (Wildman–Crippen LogP) is 0.769. The Hall–Kier alpha value is -1.56. The first kappa shape index (κ1) is 8.54. The molecule has 0 amide bonds. The average molecular weight is 190 g/mol. The summed E-state index contributed by atoms with van der Waals surface area (Å²) in [7, 11) is 0. The van der Waals surface area contributed by atoms with Crippen LogP contribution in [0.3, 0.4) is 0 Å². The number of carbonyl (C=O) groups is 1. The molecule has 0 saturated carbocycles. The molecule has 3 N–H and O–H groups in total. The van der Waals surface area contributed by atoms with Gasteiger partial charge in [0.1, 0.15) is 5.02 Å². The molecule has 0 spiro atoms. The van der Waals surface area contributed by atoms with Crippen molar-refractivity contribution in [1.82, 2.24) is 9.97 Å². The van der Waals surface area contributed by atoms with Crippen molar-refractivity contribution in [3.05, 3.63) is 11.2 Å². The summed E-state index contributed by atoms with van der Waals surface area (Å²) in [4.78, 5) is 17.0. The van der Waals surface area contributed by atoms with Gasteiger partial charge in [0.2, 0.25) is 11.8 Å². The van der Waals surface area contributed by atoms with Gasteiger partial charge in [-0.15, -0.1) is 0 Å². The highest BCUT2D eigenvalue weighted by Crippen LogP contribution is 2.20. The summed E-state index contributed by atoms with van der Waals surface area (Å²) < 4.78 is 4.18. The lowest BCUT2D eigenvalue weighted by Crippen LogP contribution is -2.06. The van der Waals surface area contributed by atoms with Gasteiger partial charge in [-0.2, -0.15) is 4.98 Å². The van der Waals surface area contributed by atoms with Crippen molar-refractivity contribution >= 4 is 23.7 Å². The Balaban J connectivity index is 2.97. The third-order valence-electron chi connectivity index (χ3n) is 0.915.